The quantitative estimate of drug-likeness (QED) is 0.711. The molecule has 0 bridgehead atoms. The van der Waals surface area contributed by atoms with Gasteiger partial charge in [-0.05, 0) is 6.17 Å². The fourth-order valence-corrected chi connectivity index (χ4v) is 3.50. The number of primary amides is 1. The Hall–Kier alpha value is -0.423. The van der Waals surface area contributed by atoms with E-state index in [1.165, 1.54) is 0 Å². The van der Waals surface area contributed by atoms with E-state index in [1.54, 1.807) is 0 Å². The fraction of sp³-hybridized carbons (Fsp3) is 0.889. The number of nitrogens with zero attached hydrogens (tertiary/aromatic N) is 1. The number of amides is 1. The molecule has 3 nitrogen and oxygen atoms in total. The van der Waals surface area contributed by atoms with Crippen LogP contribution in [0.2, 0.25) is 19.6 Å². The minimum absolute atomic E-state index is 0.278. The van der Waals surface area contributed by atoms with Crippen LogP contribution in [-0.4, -0.2) is 43.8 Å². The Morgan fingerprint density at radius 1 is 1.57 bits per heavy atom. The van der Waals surface area contributed by atoms with E-state index < -0.39 is 14.2 Å². The highest BCUT2D eigenvalue weighted by Crippen LogP contribution is 2.21. The number of likely N-dealkylation sites (tertiary alicyclic amines) is 1. The van der Waals surface area contributed by atoms with E-state index in [1.807, 2.05) is 4.90 Å². The lowest BCUT2D eigenvalue weighted by Gasteiger charge is -2.28. The van der Waals surface area contributed by atoms with Gasteiger partial charge in [0.2, 0.25) is 5.91 Å². The number of rotatable bonds is 3. The second-order valence-corrected chi connectivity index (χ2v) is 10.7. The molecule has 2 N–H and O–H groups in total. The summed E-state index contributed by atoms with van der Waals surface area (Å²) < 4.78 is 13.1. The van der Waals surface area contributed by atoms with Crippen molar-refractivity contribution in [3.05, 3.63) is 0 Å². The molecule has 5 heteroatoms. The number of hydrogen-bond acceptors (Lipinski definition) is 2. The van der Waals surface area contributed by atoms with Gasteiger partial charge in [-0.3, -0.25) is 9.69 Å². The maximum Gasteiger partial charge on any atom is 0.234 e. The number of alkyl halides is 1. The molecule has 1 aliphatic heterocycles. The predicted octanol–water partition coefficient (Wildman–Crippen LogP) is 0.761. The average Bonchev–Trinajstić information content (AvgIpc) is 2.27. The van der Waals surface area contributed by atoms with Gasteiger partial charge in [0.05, 0.1) is 14.1 Å². The molecule has 14 heavy (non-hydrogen) atoms. The van der Waals surface area contributed by atoms with Crippen molar-refractivity contribution in [3.8, 4) is 0 Å². The van der Waals surface area contributed by atoms with Crippen LogP contribution in [0.1, 0.15) is 6.42 Å². The van der Waals surface area contributed by atoms with Crippen LogP contribution >= 0.6 is 0 Å². The second kappa shape index (κ2) is 3.98. The lowest BCUT2D eigenvalue weighted by atomic mass is 10.2. The van der Waals surface area contributed by atoms with Crippen molar-refractivity contribution in [1.82, 2.24) is 4.90 Å². The Bertz CT molecular complexity index is 229. The number of carbonyl (C=O) groups excluding carboxylic acids is 1. The van der Waals surface area contributed by atoms with Crippen molar-refractivity contribution in [2.75, 3.05) is 12.7 Å². The second-order valence-electron chi connectivity index (χ2n) is 5.24. The van der Waals surface area contributed by atoms with E-state index in [2.05, 4.69) is 19.6 Å². The molecule has 0 radical (unpaired) electrons. The van der Waals surface area contributed by atoms with E-state index in [0.717, 1.165) is 6.17 Å². The van der Waals surface area contributed by atoms with Gasteiger partial charge in [0.15, 0.2) is 0 Å². The first kappa shape index (κ1) is 11.7. The van der Waals surface area contributed by atoms with Crippen LogP contribution in [0.4, 0.5) is 4.39 Å². The molecule has 1 fully saturated rings. The molecular formula is C9H19FN2OSi. The third kappa shape index (κ3) is 3.06. The lowest BCUT2D eigenvalue weighted by molar-refractivity contribution is -0.122. The number of halogens is 1. The van der Waals surface area contributed by atoms with Gasteiger partial charge in [0.1, 0.15) is 6.17 Å². The minimum Gasteiger partial charge on any atom is -0.368 e. The summed E-state index contributed by atoms with van der Waals surface area (Å²) in [6.07, 6.45) is 0.241. The highest BCUT2D eigenvalue weighted by Gasteiger charge is 2.37. The topological polar surface area (TPSA) is 46.3 Å². The summed E-state index contributed by atoms with van der Waals surface area (Å²) in [5.74, 6) is -0.386. The van der Waals surface area contributed by atoms with Gasteiger partial charge in [0, 0.05) is 13.0 Å². The molecule has 1 amide bonds. The van der Waals surface area contributed by atoms with E-state index in [9.17, 15) is 9.18 Å². The molecule has 0 aromatic rings. The highest BCUT2D eigenvalue weighted by atomic mass is 28.3. The van der Waals surface area contributed by atoms with Gasteiger partial charge < -0.3 is 5.73 Å². The summed E-state index contributed by atoms with van der Waals surface area (Å²) in [4.78, 5) is 13.0. The van der Waals surface area contributed by atoms with Crippen molar-refractivity contribution >= 4 is 14.0 Å². The molecule has 0 spiro atoms. The molecule has 2 atom stereocenters. The number of hydrogen-bond donors (Lipinski definition) is 1. The molecule has 1 aliphatic rings. The Labute approximate surface area is 85.5 Å². The van der Waals surface area contributed by atoms with E-state index in [0.29, 0.717) is 6.54 Å². The third-order valence-corrected chi connectivity index (χ3v) is 3.71. The van der Waals surface area contributed by atoms with Crippen LogP contribution in [0.3, 0.4) is 0 Å². The zero-order chi connectivity index (χ0) is 10.9. The molecule has 1 saturated heterocycles. The van der Waals surface area contributed by atoms with Crippen LogP contribution in [-0.2, 0) is 4.79 Å². The molecule has 1 heterocycles. The monoisotopic (exact) mass is 218 g/mol. The van der Waals surface area contributed by atoms with Crippen LogP contribution in [0.25, 0.3) is 0 Å². The first-order chi connectivity index (χ1) is 6.29. The molecular weight excluding hydrogens is 199 g/mol. The molecule has 0 unspecified atom stereocenters. The maximum absolute atomic E-state index is 13.1. The highest BCUT2D eigenvalue weighted by molar-refractivity contribution is 6.76. The largest absolute Gasteiger partial charge is 0.368 e. The van der Waals surface area contributed by atoms with Gasteiger partial charge in [-0.25, -0.2) is 4.39 Å². The van der Waals surface area contributed by atoms with Crippen molar-refractivity contribution < 1.29 is 9.18 Å². The van der Waals surface area contributed by atoms with Gasteiger partial charge in [0.25, 0.3) is 0 Å². The van der Waals surface area contributed by atoms with Crippen molar-refractivity contribution in [3.63, 3.8) is 0 Å². The van der Waals surface area contributed by atoms with Gasteiger partial charge in [-0.2, -0.15) is 0 Å². The van der Waals surface area contributed by atoms with Crippen molar-refractivity contribution in [1.29, 1.82) is 0 Å². The zero-order valence-corrected chi connectivity index (χ0v) is 10.1. The standard InChI is InChI=1S/C9H19FN2OSi/c1-14(2,3)6-12-5-7(10)4-8(12)9(11)13/h7-8H,4-6H2,1-3H3,(H2,11,13)/t7-,8+/m1/s1. The van der Waals surface area contributed by atoms with Crippen LogP contribution in [0.5, 0.6) is 0 Å². The summed E-state index contributed by atoms with van der Waals surface area (Å²) in [6, 6.07) is -0.378. The summed E-state index contributed by atoms with van der Waals surface area (Å²) >= 11 is 0. The Balaban J connectivity index is 2.62. The summed E-state index contributed by atoms with van der Waals surface area (Å²) in [5, 5.41) is 0. The lowest BCUT2D eigenvalue weighted by Crippen LogP contribution is -2.47. The normalized spacial score (nSPS) is 29.4. The first-order valence-electron chi connectivity index (χ1n) is 4.97. The Morgan fingerprint density at radius 3 is 2.57 bits per heavy atom. The average molecular weight is 218 g/mol. The number of nitrogens with two attached hydrogens (primary N) is 1. The fourth-order valence-electron chi connectivity index (χ4n) is 1.93. The molecule has 1 rings (SSSR count). The van der Waals surface area contributed by atoms with Crippen molar-refractivity contribution in [2.24, 2.45) is 5.73 Å². The molecule has 0 saturated carbocycles. The van der Waals surface area contributed by atoms with Gasteiger partial charge in [-0.15, -0.1) is 0 Å². The zero-order valence-electron chi connectivity index (χ0n) is 9.09. The third-order valence-electron chi connectivity index (χ3n) is 2.36. The summed E-state index contributed by atoms with van der Waals surface area (Å²) in [6.45, 7) is 6.99. The SMILES string of the molecule is C[Si](C)(C)CN1C[C@H](F)C[C@H]1C(N)=O. The molecule has 0 aromatic carbocycles. The summed E-state index contributed by atoms with van der Waals surface area (Å²) in [5.41, 5.74) is 5.24. The number of carbonyl (C=O) groups is 1. The molecule has 0 aromatic heterocycles. The van der Waals surface area contributed by atoms with Gasteiger partial charge in [-0.1, -0.05) is 19.6 Å². The summed E-state index contributed by atoms with van der Waals surface area (Å²) in [7, 11) is -1.29. The Kier molecular flexibility index (Phi) is 3.31. The van der Waals surface area contributed by atoms with E-state index in [-0.39, 0.29) is 18.4 Å². The smallest absolute Gasteiger partial charge is 0.234 e. The maximum atomic E-state index is 13.1. The predicted molar refractivity (Wildman–Crippen MR) is 57.4 cm³/mol. The molecule has 0 aliphatic carbocycles. The Morgan fingerprint density at radius 2 is 2.14 bits per heavy atom. The van der Waals surface area contributed by atoms with Crippen LogP contribution in [0.15, 0.2) is 0 Å². The minimum atomic E-state index is -1.29. The van der Waals surface area contributed by atoms with E-state index >= 15 is 0 Å². The molecule has 82 valence electrons. The van der Waals surface area contributed by atoms with Crippen molar-refractivity contribution in [2.45, 2.75) is 38.3 Å². The van der Waals surface area contributed by atoms with Crippen LogP contribution in [0, 0.1) is 0 Å². The van der Waals surface area contributed by atoms with Crippen LogP contribution < -0.4 is 5.73 Å². The van der Waals surface area contributed by atoms with Gasteiger partial charge >= 0.3 is 0 Å². The first-order valence-corrected chi connectivity index (χ1v) is 8.68. The van der Waals surface area contributed by atoms with E-state index in [4.69, 9.17) is 5.73 Å².